The van der Waals surface area contributed by atoms with Crippen molar-refractivity contribution in [2.24, 2.45) is 5.16 Å². The quantitative estimate of drug-likeness (QED) is 0.625. The maximum absolute atomic E-state index is 4.64. The Balaban J connectivity index is 2.71. The second kappa shape index (κ2) is 3.06. The summed E-state index contributed by atoms with van der Waals surface area (Å²) >= 11 is 0. The van der Waals surface area contributed by atoms with Crippen LogP contribution in [0.25, 0.3) is 0 Å². The molecule has 0 saturated carbocycles. The third kappa shape index (κ3) is 1.18. The molecule has 1 aliphatic heterocycles. The highest BCUT2D eigenvalue weighted by Gasteiger charge is 2.10. The fourth-order valence-corrected chi connectivity index (χ4v) is 0.738. The standard InChI is InChI=1S/C7H10N2O/c1-3-5-7-6(4-2)8-10-9-7/h3,5,9H,1,4H2,2H3/b7-5+. The zero-order chi connectivity index (χ0) is 7.40. The van der Waals surface area contributed by atoms with Gasteiger partial charge in [0.1, 0.15) is 5.71 Å². The zero-order valence-corrected chi connectivity index (χ0v) is 5.92. The molecule has 0 fully saturated rings. The number of hydroxylamine groups is 1. The summed E-state index contributed by atoms with van der Waals surface area (Å²) in [5.41, 5.74) is 4.48. The van der Waals surface area contributed by atoms with Gasteiger partial charge in [0.15, 0.2) is 0 Å². The van der Waals surface area contributed by atoms with E-state index in [-0.39, 0.29) is 0 Å². The van der Waals surface area contributed by atoms with E-state index in [1.54, 1.807) is 6.08 Å². The van der Waals surface area contributed by atoms with Gasteiger partial charge >= 0.3 is 0 Å². The summed E-state index contributed by atoms with van der Waals surface area (Å²) in [6, 6.07) is 0. The van der Waals surface area contributed by atoms with Crippen LogP contribution in [0.15, 0.2) is 29.6 Å². The fraction of sp³-hybridized carbons (Fsp3) is 0.286. The SMILES string of the molecule is C=C/C=C1/NON=C1CC. The lowest BCUT2D eigenvalue weighted by molar-refractivity contribution is 0.0904. The van der Waals surface area contributed by atoms with Crippen LogP contribution in [0.5, 0.6) is 0 Å². The average molecular weight is 138 g/mol. The van der Waals surface area contributed by atoms with Gasteiger partial charge in [-0.1, -0.05) is 24.7 Å². The van der Waals surface area contributed by atoms with Crippen LogP contribution < -0.4 is 5.48 Å². The molecule has 0 aliphatic carbocycles. The normalized spacial score (nSPS) is 19.7. The van der Waals surface area contributed by atoms with Gasteiger partial charge in [0.25, 0.3) is 0 Å². The smallest absolute Gasteiger partial charge is 0.109 e. The Hall–Kier alpha value is -1.25. The highest BCUT2D eigenvalue weighted by Crippen LogP contribution is 2.05. The first-order valence-electron chi connectivity index (χ1n) is 3.20. The van der Waals surface area contributed by atoms with Crippen LogP contribution in [0.2, 0.25) is 0 Å². The van der Waals surface area contributed by atoms with Gasteiger partial charge in [-0.2, -0.15) is 5.48 Å². The second-order valence-electron chi connectivity index (χ2n) is 1.90. The van der Waals surface area contributed by atoms with Gasteiger partial charge in [-0.15, -0.1) is 0 Å². The Morgan fingerprint density at radius 3 is 3.20 bits per heavy atom. The van der Waals surface area contributed by atoms with Crippen molar-refractivity contribution in [3.8, 4) is 0 Å². The van der Waals surface area contributed by atoms with E-state index in [1.807, 2.05) is 13.0 Å². The molecule has 0 aromatic heterocycles. The summed E-state index contributed by atoms with van der Waals surface area (Å²) in [5.74, 6) is 0. The number of nitrogens with one attached hydrogen (secondary N) is 1. The molecule has 0 bridgehead atoms. The number of rotatable bonds is 2. The largest absolute Gasteiger partial charge is 0.270 e. The van der Waals surface area contributed by atoms with Crippen LogP contribution >= 0.6 is 0 Å². The number of allylic oxidation sites excluding steroid dienone is 3. The van der Waals surface area contributed by atoms with Crippen molar-refractivity contribution in [3.63, 3.8) is 0 Å². The molecule has 0 radical (unpaired) electrons. The predicted octanol–water partition coefficient (Wildman–Crippen LogP) is 1.36. The minimum absolute atomic E-state index is 0.868. The molecule has 0 spiro atoms. The van der Waals surface area contributed by atoms with Crippen molar-refractivity contribution in [2.45, 2.75) is 13.3 Å². The molecule has 1 rings (SSSR count). The number of nitrogens with zero attached hydrogens (tertiary/aromatic N) is 1. The highest BCUT2D eigenvalue weighted by molar-refractivity contribution is 5.99. The van der Waals surface area contributed by atoms with Crippen LogP contribution in [0.4, 0.5) is 0 Å². The minimum atomic E-state index is 0.868. The molecular formula is C7H10N2O. The summed E-state index contributed by atoms with van der Waals surface area (Å²) < 4.78 is 0. The molecule has 0 aromatic carbocycles. The molecule has 1 N–H and O–H groups in total. The van der Waals surface area contributed by atoms with Gasteiger partial charge in [0.05, 0.1) is 5.70 Å². The Kier molecular flexibility index (Phi) is 2.10. The average Bonchev–Trinajstić information content (AvgIpc) is 2.36. The van der Waals surface area contributed by atoms with E-state index >= 15 is 0 Å². The lowest BCUT2D eigenvalue weighted by Crippen LogP contribution is -2.08. The fourth-order valence-electron chi connectivity index (χ4n) is 0.738. The van der Waals surface area contributed by atoms with Crippen molar-refractivity contribution in [3.05, 3.63) is 24.4 Å². The number of hydrogen-bond acceptors (Lipinski definition) is 3. The van der Waals surface area contributed by atoms with E-state index in [9.17, 15) is 0 Å². The Bertz CT molecular complexity index is 194. The van der Waals surface area contributed by atoms with Gasteiger partial charge < -0.3 is 0 Å². The van der Waals surface area contributed by atoms with Gasteiger partial charge in [-0.05, 0) is 12.5 Å². The van der Waals surface area contributed by atoms with E-state index in [0.29, 0.717) is 0 Å². The Labute approximate surface area is 60.0 Å². The molecule has 3 heteroatoms. The molecule has 1 heterocycles. The van der Waals surface area contributed by atoms with Crippen LogP contribution in [0, 0.1) is 0 Å². The molecular weight excluding hydrogens is 128 g/mol. The molecule has 1 aliphatic rings. The van der Waals surface area contributed by atoms with Crippen LogP contribution in [-0.4, -0.2) is 5.71 Å². The molecule has 0 atom stereocenters. The van der Waals surface area contributed by atoms with E-state index in [2.05, 4.69) is 22.2 Å². The predicted molar refractivity (Wildman–Crippen MR) is 40.2 cm³/mol. The lowest BCUT2D eigenvalue weighted by Gasteiger charge is -1.93. The minimum Gasteiger partial charge on any atom is -0.270 e. The number of hydrogen-bond donors (Lipinski definition) is 1. The van der Waals surface area contributed by atoms with E-state index in [0.717, 1.165) is 17.8 Å². The van der Waals surface area contributed by atoms with Crippen molar-refractivity contribution in [2.75, 3.05) is 0 Å². The third-order valence-corrected chi connectivity index (χ3v) is 1.24. The van der Waals surface area contributed by atoms with E-state index in [1.165, 1.54) is 0 Å². The van der Waals surface area contributed by atoms with Gasteiger partial charge in [-0.25, -0.2) is 0 Å². The summed E-state index contributed by atoms with van der Waals surface area (Å²) in [4.78, 5) is 4.64. The summed E-state index contributed by atoms with van der Waals surface area (Å²) in [7, 11) is 0. The van der Waals surface area contributed by atoms with Crippen molar-refractivity contribution in [1.29, 1.82) is 0 Å². The van der Waals surface area contributed by atoms with Crippen molar-refractivity contribution < 1.29 is 4.94 Å². The second-order valence-corrected chi connectivity index (χ2v) is 1.90. The molecule has 10 heavy (non-hydrogen) atoms. The summed E-state index contributed by atoms with van der Waals surface area (Å²) in [6.07, 6.45) is 4.39. The van der Waals surface area contributed by atoms with Gasteiger partial charge in [0, 0.05) is 0 Å². The third-order valence-electron chi connectivity index (χ3n) is 1.24. The molecule has 0 saturated heterocycles. The Morgan fingerprint density at radius 2 is 2.60 bits per heavy atom. The van der Waals surface area contributed by atoms with Crippen LogP contribution in [-0.2, 0) is 4.94 Å². The molecule has 54 valence electrons. The molecule has 0 unspecified atom stereocenters. The molecule has 0 aromatic rings. The first-order valence-corrected chi connectivity index (χ1v) is 3.20. The summed E-state index contributed by atoms with van der Waals surface area (Å²) in [6.45, 7) is 5.59. The zero-order valence-electron chi connectivity index (χ0n) is 5.92. The monoisotopic (exact) mass is 138 g/mol. The molecule has 0 amide bonds. The Morgan fingerprint density at radius 1 is 1.80 bits per heavy atom. The lowest BCUT2D eigenvalue weighted by atomic mass is 10.2. The maximum Gasteiger partial charge on any atom is 0.109 e. The van der Waals surface area contributed by atoms with Crippen molar-refractivity contribution >= 4 is 5.71 Å². The maximum atomic E-state index is 4.64. The van der Waals surface area contributed by atoms with E-state index in [4.69, 9.17) is 0 Å². The highest BCUT2D eigenvalue weighted by atomic mass is 16.8. The van der Waals surface area contributed by atoms with E-state index < -0.39 is 0 Å². The van der Waals surface area contributed by atoms with Crippen molar-refractivity contribution in [1.82, 2.24) is 5.48 Å². The van der Waals surface area contributed by atoms with Crippen LogP contribution in [0.1, 0.15) is 13.3 Å². The van der Waals surface area contributed by atoms with Gasteiger partial charge in [0.2, 0.25) is 0 Å². The molecule has 3 nitrogen and oxygen atoms in total. The number of oxime groups is 1. The summed E-state index contributed by atoms with van der Waals surface area (Å²) in [5, 5.41) is 3.74. The van der Waals surface area contributed by atoms with Crippen LogP contribution in [0.3, 0.4) is 0 Å². The first-order chi connectivity index (χ1) is 4.88. The first kappa shape index (κ1) is 6.86. The van der Waals surface area contributed by atoms with Gasteiger partial charge in [-0.3, -0.25) is 4.94 Å². The topological polar surface area (TPSA) is 33.6 Å².